The Balaban J connectivity index is 1.90. The van der Waals surface area contributed by atoms with Crippen LogP contribution < -0.4 is 9.88 Å². The van der Waals surface area contributed by atoms with Crippen LogP contribution in [-0.2, 0) is 11.3 Å². The molecule has 1 aromatic heterocycles. The third-order valence-corrected chi connectivity index (χ3v) is 3.61. The highest BCUT2D eigenvalue weighted by Crippen LogP contribution is 2.20. The molecule has 0 unspecified atom stereocenters. The summed E-state index contributed by atoms with van der Waals surface area (Å²) in [6.07, 6.45) is 4.45. The summed E-state index contributed by atoms with van der Waals surface area (Å²) in [7, 11) is 0. The van der Waals surface area contributed by atoms with E-state index in [0.717, 1.165) is 15.7 Å². The molecule has 0 fully saturated rings. The average Bonchev–Trinajstić information content (AvgIpc) is 2.41. The first-order chi connectivity index (χ1) is 9.54. The SMILES string of the molecule is Cc1cc[n+](CCC(=O)Nc2ccc(Br)cc2C)cc1. The van der Waals surface area contributed by atoms with E-state index in [1.165, 1.54) is 5.56 Å². The Morgan fingerprint density at radius 2 is 1.90 bits per heavy atom. The summed E-state index contributed by atoms with van der Waals surface area (Å²) >= 11 is 3.41. The van der Waals surface area contributed by atoms with Gasteiger partial charge in [0, 0.05) is 22.3 Å². The Labute approximate surface area is 127 Å². The van der Waals surface area contributed by atoms with Crippen LogP contribution in [0.1, 0.15) is 17.5 Å². The number of nitrogens with zero attached hydrogens (tertiary/aromatic N) is 1. The maximum Gasteiger partial charge on any atom is 0.230 e. The Morgan fingerprint density at radius 1 is 1.20 bits per heavy atom. The fourth-order valence-corrected chi connectivity index (χ4v) is 2.37. The van der Waals surface area contributed by atoms with Crippen LogP contribution in [0.3, 0.4) is 0 Å². The van der Waals surface area contributed by atoms with E-state index in [9.17, 15) is 4.79 Å². The van der Waals surface area contributed by atoms with E-state index in [2.05, 4.69) is 21.2 Å². The second-order valence-corrected chi connectivity index (χ2v) is 5.79. The highest BCUT2D eigenvalue weighted by atomic mass is 79.9. The molecule has 1 amide bonds. The maximum absolute atomic E-state index is 12.0. The second-order valence-electron chi connectivity index (χ2n) is 4.87. The van der Waals surface area contributed by atoms with Crippen LogP contribution in [0.2, 0.25) is 0 Å². The number of rotatable bonds is 4. The Bertz CT molecular complexity index is 608. The van der Waals surface area contributed by atoms with Crippen LogP contribution in [0.15, 0.2) is 47.2 Å². The Hall–Kier alpha value is -1.68. The Morgan fingerprint density at radius 3 is 2.55 bits per heavy atom. The van der Waals surface area contributed by atoms with Gasteiger partial charge in [0.25, 0.3) is 0 Å². The zero-order chi connectivity index (χ0) is 14.5. The number of carbonyl (C=O) groups excluding carboxylic acids is 1. The molecule has 0 saturated carbocycles. The van der Waals surface area contributed by atoms with Crippen LogP contribution >= 0.6 is 15.9 Å². The highest BCUT2D eigenvalue weighted by Gasteiger charge is 2.08. The molecular formula is C16H18BrN2O+. The minimum Gasteiger partial charge on any atom is -0.326 e. The van der Waals surface area contributed by atoms with Crippen LogP contribution in [0.5, 0.6) is 0 Å². The summed E-state index contributed by atoms with van der Waals surface area (Å²) < 4.78 is 3.03. The molecule has 104 valence electrons. The van der Waals surface area contributed by atoms with E-state index < -0.39 is 0 Å². The molecule has 0 radical (unpaired) electrons. The van der Waals surface area contributed by atoms with Gasteiger partial charge in [-0.2, -0.15) is 0 Å². The lowest BCUT2D eigenvalue weighted by atomic mass is 10.2. The molecule has 2 rings (SSSR count). The molecule has 0 spiro atoms. The van der Waals surface area contributed by atoms with Gasteiger partial charge in [-0.1, -0.05) is 15.9 Å². The molecule has 20 heavy (non-hydrogen) atoms. The molecule has 1 heterocycles. The van der Waals surface area contributed by atoms with E-state index in [0.29, 0.717) is 13.0 Å². The van der Waals surface area contributed by atoms with Crippen LogP contribution in [0, 0.1) is 13.8 Å². The molecule has 0 aliphatic rings. The van der Waals surface area contributed by atoms with E-state index in [1.807, 2.05) is 61.1 Å². The van der Waals surface area contributed by atoms with Crippen molar-refractivity contribution >= 4 is 27.5 Å². The predicted molar refractivity (Wildman–Crippen MR) is 83.5 cm³/mol. The molecule has 3 nitrogen and oxygen atoms in total. The predicted octanol–water partition coefficient (Wildman–Crippen LogP) is 3.38. The summed E-state index contributed by atoms with van der Waals surface area (Å²) in [6.45, 7) is 4.71. The van der Waals surface area contributed by atoms with E-state index in [4.69, 9.17) is 0 Å². The number of aromatic nitrogens is 1. The molecule has 1 aromatic carbocycles. The van der Waals surface area contributed by atoms with Crippen LogP contribution in [0.25, 0.3) is 0 Å². The normalized spacial score (nSPS) is 10.3. The molecule has 0 aliphatic carbocycles. The highest BCUT2D eigenvalue weighted by molar-refractivity contribution is 9.10. The van der Waals surface area contributed by atoms with Crippen molar-refractivity contribution in [1.29, 1.82) is 0 Å². The van der Waals surface area contributed by atoms with E-state index >= 15 is 0 Å². The molecular weight excluding hydrogens is 316 g/mol. The number of hydrogen-bond donors (Lipinski definition) is 1. The second kappa shape index (κ2) is 6.66. The molecule has 2 aromatic rings. The summed E-state index contributed by atoms with van der Waals surface area (Å²) in [4.78, 5) is 12.0. The maximum atomic E-state index is 12.0. The van der Waals surface area contributed by atoms with Crippen LogP contribution in [-0.4, -0.2) is 5.91 Å². The van der Waals surface area contributed by atoms with Gasteiger partial charge in [0.15, 0.2) is 18.9 Å². The largest absolute Gasteiger partial charge is 0.326 e. The summed E-state index contributed by atoms with van der Waals surface area (Å²) in [5, 5.41) is 2.95. The lowest BCUT2D eigenvalue weighted by Crippen LogP contribution is -2.34. The molecule has 4 heteroatoms. The number of pyridine rings is 1. The fraction of sp³-hybridized carbons (Fsp3) is 0.250. The minimum absolute atomic E-state index is 0.0310. The van der Waals surface area contributed by atoms with Gasteiger partial charge in [-0.05, 0) is 43.2 Å². The zero-order valence-corrected chi connectivity index (χ0v) is 13.3. The molecule has 1 N–H and O–H groups in total. The van der Waals surface area contributed by atoms with Crippen molar-refractivity contribution in [2.45, 2.75) is 26.8 Å². The van der Waals surface area contributed by atoms with Crippen molar-refractivity contribution in [3.05, 3.63) is 58.3 Å². The van der Waals surface area contributed by atoms with Crippen molar-refractivity contribution in [2.24, 2.45) is 0 Å². The van der Waals surface area contributed by atoms with Crippen molar-refractivity contribution in [2.75, 3.05) is 5.32 Å². The van der Waals surface area contributed by atoms with Crippen molar-refractivity contribution < 1.29 is 9.36 Å². The molecule has 0 aliphatic heterocycles. The fourth-order valence-electron chi connectivity index (χ4n) is 1.89. The lowest BCUT2D eigenvalue weighted by molar-refractivity contribution is -0.695. The first-order valence-electron chi connectivity index (χ1n) is 6.56. The molecule has 0 bridgehead atoms. The van der Waals surface area contributed by atoms with Gasteiger partial charge in [-0.15, -0.1) is 0 Å². The van der Waals surface area contributed by atoms with Crippen LogP contribution in [0.4, 0.5) is 5.69 Å². The summed E-state index contributed by atoms with van der Waals surface area (Å²) in [6, 6.07) is 9.91. The number of carbonyl (C=O) groups is 1. The Kier molecular flexibility index (Phi) is 4.90. The van der Waals surface area contributed by atoms with Crippen molar-refractivity contribution in [1.82, 2.24) is 0 Å². The number of nitrogens with one attached hydrogen (secondary N) is 1. The third-order valence-electron chi connectivity index (χ3n) is 3.12. The quantitative estimate of drug-likeness (QED) is 0.855. The smallest absolute Gasteiger partial charge is 0.230 e. The first kappa shape index (κ1) is 14.7. The number of aryl methyl sites for hydroxylation is 3. The van der Waals surface area contributed by atoms with Gasteiger partial charge in [-0.25, -0.2) is 4.57 Å². The van der Waals surface area contributed by atoms with E-state index in [1.54, 1.807) is 0 Å². The number of amides is 1. The zero-order valence-electron chi connectivity index (χ0n) is 11.7. The van der Waals surface area contributed by atoms with Gasteiger partial charge >= 0.3 is 0 Å². The summed E-state index contributed by atoms with van der Waals surface area (Å²) in [5.41, 5.74) is 3.14. The van der Waals surface area contributed by atoms with Gasteiger partial charge in [0.1, 0.15) is 0 Å². The van der Waals surface area contributed by atoms with Crippen molar-refractivity contribution in [3.63, 3.8) is 0 Å². The molecule has 0 atom stereocenters. The van der Waals surface area contributed by atoms with Gasteiger partial charge in [0.05, 0.1) is 6.42 Å². The monoisotopic (exact) mass is 333 g/mol. The van der Waals surface area contributed by atoms with Gasteiger partial charge < -0.3 is 5.32 Å². The third kappa shape index (κ3) is 4.17. The minimum atomic E-state index is 0.0310. The van der Waals surface area contributed by atoms with Crippen molar-refractivity contribution in [3.8, 4) is 0 Å². The topological polar surface area (TPSA) is 33.0 Å². The average molecular weight is 334 g/mol. The van der Waals surface area contributed by atoms with Gasteiger partial charge in [-0.3, -0.25) is 4.79 Å². The number of benzene rings is 1. The lowest BCUT2D eigenvalue weighted by Gasteiger charge is -2.07. The number of hydrogen-bond acceptors (Lipinski definition) is 1. The molecule has 0 saturated heterocycles. The number of halogens is 1. The standard InChI is InChI=1S/C16H17BrN2O/c1-12-5-8-19(9-6-12)10-7-16(20)18-15-4-3-14(17)11-13(15)2/h3-6,8-9,11H,7,10H2,1-2H3/p+1. The summed E-state index contributed by atoms with van der Waals surface area (Å²) in [5.74, 6) is 0.0310. The first-order valence-corrected chi connectivity index (χ1v) is 7.35. The van der Waals surface area contributed by atoms with Gasteiger partial charge in [0.2, 0.25) is 5.91 Å². The number of anilines is 1. The van der Waals surface area contributed by atoms with E-state index in [-0.39, 0.29) is 5.91 Å².